The van der Waals surface area contributed by atoms with Gasteiger partial charge in [-0.15, -0.1) is 5.92 Å². The van der Waals surface area contributed by atoms with Gasteiger partial charge in [-0.3, -0.25) is 0 Å². The minimum Gasteiger partial charge on any atom is -0.393 e. The molecule has 2 saturated carbocycles. The van der Waals surface area contributed by atoms with Crippen LogP contribution in [-0.4, -0.2) is 11.2 Å². The van der Waals surface area contributed by atoms with Crippen LogP contribution in [0, 0.1) is 29.6 Å². The average molecular weight is 150 g/mol. The van der Waals surface area contributed by atoms with Crippen molar-refractivity contribution in [3.63, 3.8) is 0 Å². The Morgan fingerprint density at radius 3 is 2.64 bits per heavy atom. The van der Waals surface area contributed by atoms with Crippen molar-refractivity contribution < 1.29 is 5.11 Å². The standard InChI is InChI=1S/C10H14O/c1-2-3-8-7-4-5-9(8)10(11)6-7/h7-11H,4-6H2,1H3/t7-,8+,9-,10-/m0/s1. The molecule has 0 unspecified atom stereocenters. The fraction of sp³-hybridized carbons (Fsp3) is 0.800. The predicted molar refractivity (Wildman–Crippen MR) is 43.8 cm³/mol. The summed E-state index contributed by atoms with van der Waals surface area (Å²) >= 11 is 0. The third kappa shape index (κ3) is 0.973. The van der Waals surface area contributed by atoms with E-state index in [-0.39, 0.29) is 6.10 Å². The fourth-order valence-electron chi connectivity index (χ4n) is 2.69. The first kappa shape index (κ1) is 7.18. The summed E-state index contributed by atoms with van der Waals surface area (Å²) in [7, 11) is 0. The van der Waals surface area contributed by atoms with Crippen LogP contribution in [-0.2, 0) is 0 Å². The Balaban J connectivity index is 2.17. The minimum absolute atomic E-state index is 0.0420. The normalized spacial score (nSPS) is 47.1. The molecular formula is C10H14O. The van der Waals surface area contributed by atoms with Crippen LogP contribution >= 0.6 is 0 Å². The Bertz CT molecular complexity index is 211. The van der Waals surface area contributed by atoms with Crippen molar-refractivity contribution in [3.8, 4) is 11.8 Å². The van der Waals surface area contributed by atoms with E-state index >= 15 is 0 Å². The first-order valence-electron chi connectivity index (χ1n) is 4.43. The monoisotopic (exact) mass is 150 g/mol. The largest absolute Gasteiger partial charge is 0.393 e. The molecular weight excluding hydrogens is 136 g/mol. The van der Waals surface area contributed by atoms with Crippen LogP contribution in [0.5, 0.6) is 0 Å². The zero-order valence-electron chi connectivity index (χ0n) is 6.88. The van der Waals surface area contributed by atoms with Crippen LogP contribution in [0.15, 0.2) is 0 Å². The first-order chi connectivity index (χ1) is 5.33. The SMILES string of the molecule is CC#C[C@@H]1[C@H]2CC[C@@H]1[C@@H](O)C2. The van der Waals surface area contributed by atoms with Crippen LogP contribution < -0.4 is 0 Å². The first-order valence-corrected chi connectivity index (χ1v) is 4.43. The molecule has 0 aromatic carbocycles. The van der Waals surface area contributed by atoms with Gasteiger partial charge in [0.05, 0.1) is 6.10 Å². The molecule has 2 aliphatic carbocycles. The molecule has 0 heterocycles. The molecule has 0 spiro atoms. The zero-order valence-corrected chi connectivity index (χ0v) is 6.88. The van der Waals surface area contributed by atoms with Crippen molar-refractivity contribution in [1.82, 2.24) is 0 Å². The smallest absolute Gasteiger partial charge is 0.0583 e. The second-order valence-electron chi connectivity index (χ2n) is 3.72. The summed E-state index contributed by atoms with van der Waals surface area (Å²) in [6, 6.07) is 0. The van der Waals surface area contributed by atoms with E-state index in [0.29, 0.717) is 17.8 Å². The molecule has 2 bridgehead atoms. The maximum absolute atomic E-state index is 9.55. The summed E-state index contributed by atoms with van der Waals surface area (Å²) < 4.78 is 0. The lowest BCUT2D eigenvalue weighted by molar-refractivity contribution is 0.110. The van der Waals surface area contributed by atoms with E-state index in [1.807, 2.05) is 6.92 Å². The van der Waals surface area contributed by atoms with Gasteiger partial charge in [-0.2, -0.15) is 0 Å². The number of aliphatic hydroxyl groups is 1. The molecule has 2 aliphatic rings. The summed E-state index contributed by atoms with van der Waals surface area (Å²) in [5, 5.41) is 9.55. The van der Waals surface area contributed by atoms with Crippen LogP contribution in [0.3, 0.4) is 0 Å². The predicted octanol–water partition coefficient (Wildman–Crippen LogP) is 1.42. The lowest BCUT2D eigenvalue weighted by atomic mass is 9.97. The quantitative estimate of drug-likeness (QED) is 0.518. The molecule has 1 nitrogen and oxygen atoms in total. The number of hydrogen-bond acceptors (Lipinski definition) is 1. The Morgan fingerprint density at radius 2 is 2.18 bits per heavy atom. The molecule has 0 aromatic heterocycles. The van der Waals surface area contributed by atoms with Gasteiger partial charge in [0.25, 0.3) is 0 Å². The van der Waals surface area contributed by atoms with E-state index < -0.39 is 0 Å². The molecule has 2 rings (SSSR count). The fourth-order valence-corrected chi connectivity index (χ4v) is 2.69. The third-order valence-electron chi connectivity index (χ3n) is 3.19. The number of fused-ring (bicyclic) bond motifs is 2. The number of rotatable bonds is 0. The molecule has 1 heteroatoms. The molecule has 1 N–H and O–H groups in total. The van der Waals surface area contributed by atoms with Gasteiger partial charge in [-0.1, -0.05) is 5.92 Å². The van der Waals surface area contributed by atoms with Crippen molar-refractivity contribution in [2.24, 2.45) is 17.8 Å². The lowest BCUT2D eigenvalue weighted by Crippen LogP contribution is -2.16. The van der Waals surface area contributed by atoms with Crippen LogP contribution in [0.25, 0.3) is 0 Å². The molecule has 0 aliphatic heterocycles. The second kappa shape index (κ2) is 2.53. The Morgan fingerprint density at radius 1 is 1.36 bits per heavy atom. The Labute approximate surface area is 67.8 Å². The molecule has 60 valence electrons. The molecule has 0 aromatic rings. The highest BCUT2D eigenvalue weighted by Crippen LogP contribution is 2.48. The van der Waals surface area contributed by atoms with E-state index in [4.69, 9.17) is 0 Å². The van der Waals surface area contributed by atoms with E-state index in [0.717, 1.165) is 6.42 Å². The van der Waals surface area contributed by atoms with E-state index in [1.54, 1.807) is 0 Å². The van der Waals surface area contributed by atoms with E-state index in [2.05, 4.69) is 11.8 Å². The van der Waals surface area contributed by atoms with Crippen molar-refractivity contribution in [2.75, 3.05) is 0 Å². The molecule has 11 heavy (non-hydrogen) atoms. The highest BCUT2D eigenvalue weighted by molar-refractivity contribution is 5.13. The van der Waals surface area contributed by atoms with Crippen molar-refractivity contribution >= 4 is 0 Å². The second-order valence-corrected chi connectivity index (χ2v) is 3.72. The highest BCUT2D eigenvalue weighted by Gasteiger charge is 2.46. The Hall–Kier alpha value is -0.480. The molecule has 0 radical (unpaired) electrons. The minimum atomic E-state index is -0.0420. The maximum Gasteiger partial charge on any atom is 0.0583 e. The van der Waals surface area contributed by atoms with Crippen LogP contribution in [0.2, 0.25) is 0 Å². The summed E-state index contributed by atoms with van der Waals surface area (Å²) in [5.74, 6) is 7.94. The van der Waals surface area contributed by atoms with Gasteiger partial charge in [0.1, 0.15) is 0 Å². The molecule has 0 amide bonds. The summed E-state index contributed by atoms with van der Waals surface area (Å²) in [4.78, 5) is 0. The van der Waals surface area contributed by atoms with Crippen LogP contribution in [0.4, 0.5) is 0 Å². The number of hydrogen-bond donors (Lipinski definition) is 1. The van der Waals surface area contributed by atoms with Gasteiger partial charge in [0, 0.05) is 5.92 Å². The molecule has 4 atom stereocenters. The van der Waals surface area contributed by atoms with Gasteiger partial charge in [0.2, 0.25) is 0 Å². The highest BCUT2D eigenvalue weighted by atomic mass is 16.3. The summed E-state index contributed by atoms with van der Waals surface area (Å²) in [6.45, 7) is 1.89. The van der Waals surface area contributed by atoms with Crippen molar-refractivity contribution in [2.45, 2.75) is 32.3 Å². The van der Waals surface area contributed by atoms with E-state index in [1.165, 1.54) is 12.8 Å². The van der Waals surface area contributed by atoms with Crippen LogP contribution in [0.1, 0.15) is 26.2 Å². The summed E-state index contributed by atoms with van der Waals surface area (Å²) in [6.07, 6.45) is 3.45. The van der Waals surface area contributed by atoms with Crippen molar-refractivity contribution in [1.29, 1.82) is 0 Å². The lowest BCUT2D eigenvalue weighted by Gasteiger charge is -2.14. The van der Waals surface area contributed by atoms with E-state index in [9.17, 15) is 5.11 Å². The topological polar surface area (TPSA) is 20.2 Å². The molecule has 2 fully saturated rings. The molecule has 0 saturated heterocycles. The van der Waals surface area contributed by atoms with Gasteiger partial charge in [0.15, 0.2) is 0 Å². The number of aliphatic hydroxyl groups excluding tert-OH is 1. The summed E-state index contributed by atoms with van der Waals surface area (Å²) in [5.41, 5.74) is 0. The van der Waals surface area contributed by atoms with Gasteiger partial charge in [-0.05, 0) is 38.0 Å². The zero-order chi connectivity index (χ0) is 7.84. The third-order valence-corrected chi connectivity index (χ3v) is 3.19. The Kier molecular flexibility index (Phi) is 1.65. The van der Waals surface area contributed by atoms with Gasteiger partial charge in [-0.25, -0.2) is 0 Å². The van der Waals surface area contributed by atoms with Gasteiger partial charge < -0.3 is 5.11 Å². The average Bonchev–Trinajstić information content (AvgIpc) is 2.46. The van der Waals surface area contributed by atoms with Gasteiger partial charge >= 0.3 is 0 Å². The van der Waals surface area contributed by atoms with Crippen molar-refractivity contribution in [3.05, 3.63) is 0 Å². The maximum atomic E-state index is 9.55.